The molecule has 1 spiro atoms. The molecule has 0 bridgehead atoms. The minimum absolute atomic E-state index is 0.310. The summed E-state index contributed by atoms with van der Waals surface area (Å²) in [5.41, 5.74) is 5.75. The van der Waals surface area contributed by atoms with Gasteiger partial charge in [0.1, 0.15) is 11.2 Å². The van der Waals surface area contributed by atoms with Gasteiger partial charge in [0.25, 0.3) is 0 Å². The van der Waals surface area contributed by atoms with Gasteiger partial charge in [-0.2, -0.15) is 0 Å². The number of hydrogen-bond donors (Lipinski definition) is 4. The number of nitrogens with one attached hydrogen (secondary N) is 4. The largest absolute Gasteiger partial charge is 0.372 e. The Hall–Kier alpha value is -1.53. The van der Waals surface area contributed by atoms with Crippen molar-refractivity contribution in [3.05, 3.63) is 34.5 Å². The van der Waals surface area contributed by atoms with E-state index in [0.717, 1.165) is 13.1 Å². The number of thioether (sulfide) groups is 1. The van der Waals surface area contributed by atoms with E-state index in [4.69, 9.17) is 0 Å². The van der Waals surface area contributed by atoms with E-state index in [-0.39, 0.29) is 0 Å². The van der Waals surface area contributed by atoms with Gasteiger partial charge < -0.3 is 25.8 Å². The molecule has 0 aromatic carbocycles. The van der Waals surface area contributed by atoms with E-state index in [1.807, 2.05) is 11.8 Å². The van der Waals surface area contributed by atoms with Crippen molar-refractivity contribution in [1.29, 1.82) is 0 Å². The molecule has 0 aliphatic carbocycles. The molecule has 1 aromatic rings. The zero-order valence-corrected chi connectivity index (χ0v) is 16.3. The second-order valence-electron chi connectivity index (χ2n) is 8.11. The van der Waals surface area contributed by atoms with E-state index in [0.29, 0.717) is 10.9 Å². The summed E-state index contributed by atoms with van der Waals surface area (Å²) in [5, 5.41) is 13.6. The van der Waals surface area contributed by atoms with Gasteiger partial charge in [-0.1, -0.05) is 6.42 Å². The van der Waals surface area contributed by atoms with E-state index in [1.165, 1.54) is 73.5 Å². The van der Waals surface area contributed by atoms with Gasteiger partial charge in [-0.15, -0.1) is 11.8 Å². The van der Waals surface area contributed by atoms with Crippen molar-refractivity contribution in [2.24, 2.45) is 0 Å². The Morgan fingerprint density at radius 2 is 2.15 bits per heavy atom. The highest BCUT2D eigenvalue weighted by Gasteiger charge is 2.38. The number of likely N-dealkylation sites (tertiary alicyclic amines) is 1. The van der Waals surface area contributed by atoms with Crippen LogP contribution in [-0.2, 0) is 0 Å². The Kier molecular flexibility index (Phi) is 4.20. The highest BCUT2D eigenvalue weighted by molar-refractivity contribution is 8.02. The van der Waals surface area contributed by atoms with Gasteiger partial charge in [0.15, 0.2) is 0 Å². The molecule has 4 aliphatic heterocycles. The average Bonchev–Trinajstić information content (AvgIpc) is 3.28. The second-order valence-corrected chi connectivity index (χ2v) is 9.09. The normalized spacial score (nSPS) is 31.1. The molecule has 5 nitrogen and oxygen atoms in total. The summed E-state index contributed by atoms with van der Waals surface area (Å²) < 4.78 is 0. The van der Waals surface area contributed by atoms with Crippen molar-refractivity contribution < 1.29 is 0 Å². The molecule has 26 heavy (non-hydrogen) atoms. The lowest BCUT2D eigenvalue weighted by atomic mass is 9.81. The topological polar surface area (TPSA) is 55.1 Å². The van der Waals surface area contributed by atoms with E-state index >= 15 is 0 Å². The van der Waals surface area contributed by atoms with Crippen LogP contribution >= 0.6 is 11.8 Å². The molecule has 0 saturated carbocycles. The molecule has 2 fully saturated rings. The summed E-state index contributed by atoms with van der Waals surface area (Å²) in [4.78, 5) is 6.14. The first-order valence-corrected chi connectivity index (χ1v) is 10.9. The van der Waals surface area contributed by atoms with Crippen LogP contribution in [0.25, 0.3) is 5.70 Å². The lowest BCUT2D eigenvalue weighted by Gasteiger charge is -2.48. The van der Waals surface area contributed by atoms with Gasteiger partial charge in [0.2, 0.25) is 0 Å². The fourth-order valence-corrected chi connectivity index (χ4v) is 6.01. The van der Waals surface area contributed by atoms with Gasteiger partial charge >= 0.3 is 0 Å². The fourth-order valence-electron chi connectivity index (χ4n) is 5.01. The molecule has 5 rings (SSSR count). The number of aromatic nitrogens is 1. The number of anilines is 1. The first-order chi connectivity index (χ1) is 12.7. The summed E-state index contributed by atoms with van der Waals surface area (Å²) in [6.07, 6.45) is 11.2. The van der Waals surface area contributed by atoms with Crippen molar-refractivity contribution in [3.8, 4) is 0 Å². The van der Waals surface area contributed by atoms with Crippen LogP contribution in [0.5, 0.6) is 0 Å². The Balaban J connectivity index is 1.44. The molecule has 2 saturated heterocycles. The minimum Gasteiger partial charge on any atom is -0.372 e. The van der Waals surface area contributed by atoms with Gasteiger partial charge in [0.05, 0.1) is 0 Å². The third kappa shape index (κ3) is 2.83. The predicted molar refractivity (Wildman–Crippen MR) is 110 cm³/mol. The van der Waals surface area contributed by atoms with E-state index in [9.17, 15) is 0 Å². The van der Waals surface area contributed by atoms with Crippen LogP contribution in [0, 0.1) is 0 Å². The van der Waals surface area contributed by atoms with Crippen LogP contribution in [0.4, 0.5) is 5.82 Å². The first kappa shape index (κ1) is 16.6. The molecule has 4 N–H and O–H groups in total. The molecule has 2 unspecified atom stereocenters. The zero-order valence-electron chi connectivity index (χ0n) is 15.5. The summed E-state index contributed by atoms with van der Waals surface area (Å²) in [6, 6.07) is 0. The van der Waals surface area contributed by atoms with Crippen molar-refractivity contribution >= 4 is 23.3 Å². The third-order valence-corrected chi connectivity index (χ3v) is 7.40. The Morgan fingerprint density at radius 1 is 1.23 bits per heavy atom. The average molecular weight is 372 g/mol. The van der Waals surface area contributed by atoms with Crippen LogP contribution in [0.15, 0.2) is 23.4 Å². The number of allylic oxidation sites excluding steroid dienone is 1. The summed E-state index contributed by atoms with van der Waals surface area (Å²) in [7, 11) is 0. The third-order valence-electron chi connectivity index (χ3n) is 6.26. The molecule has 0 amide bonds. The van der Waals surface area contributed by atoms with Gasteiger partial charge in [-0.25, -0.2) is 0 Å². The first-order valence-electron chi connectivity index (χ1n) is 9.99. The van der Waals surface area contributed by atoms with Crippen molar-refractivity contribution in [2.75, 3.05) is 31.5 Å². The Bertz CT molecular complexity index is 738. The molecular formula is C20H29N5S. The summed E-state index contributed by atoms with van der Waals surface area (Å²) in [6.45, 7) is 6.54. The van der Waals surface area contributed by atoms with Gasteiger partial charge in [-0.05, 0) is 50.6 Å². The van der Waals surface area contributed by atoms with Gasteiger partial charge in [0, 0.05) is 53.9 Å². The van der Waals surface area contributed by atoms with Crippen molar-refractivity contribution in [3.63, 3.8) is 0 Å². The van der Waals surface area contributed by atoms with Crippen LogP contribution in [-0.4, -0.2) is 41.6 Å². The summed E-state index contributed by atoms with van der Waals surface area (Å²) in [5.74, 6) is 1.18. The van der Waals surface area contributed by atoms with Crippen LogP contribution < -0.4 is 16.0 Å². The molecule has 2 atom stereocenters. The summed E-state index contributed by atoms with van der Waals surface area (Å²) >= 11 is 1.87. The van der Waals surface area contributed by atoms with E-state index in [2.05, 4.69) is 50.4 Å². The highest BCUT2D eigenvalue weighted by Crippen LogP contribution is 2.43. The molecule has 140 valence electrons. The van der Waals surface area contributed by atoms with E-state index < -0.39 is 0 Å². The maximum Gasteiger partial charge on any atom is 0.113 e. The Labute approximate surface area is 160 Å². The number of piperidine rings is 2. The molecule has 0 radical (unpaired) electrons. The molecular weight excluding hydrogens is 342 g/mol. The Morgan fingerprint density at radius 3 is 2.96 bits per heavy atom. The smallest absolute Gasteiger partial charge is 0.113 e. The highest BCUT2D eigenvalue weighted by atomic mass is 32.2. The monoisotopic (exact) mass is 371 g/mol. The predicted octanol–water partition coefficient (Wildman–Crippen LogP) is 3.59. The van der Waals surface area contributed by atoms with Crippen LogP contribution in [0.2, 0.25) is 0 Å². The van der Waals surface area contributed by atoms with Crippen LogP contribution in [0.1, 0.15) is 55.5 Å². The number of rotatable bonds is 2. The lowest BCUT2D eigenvalue weighted by Crippen LogP contribution is -2.58. The number of H-pyrrole nitrogens is 1. The van der Waals surface area contributed by atoms with Gasteiger partial charge in [-0.3, -0.25) is 0 Å². The van der Waals surface area contributed by atoms with Crippen molar-refractivity contribution in [2.45, 2.75) is 49.9 Å². The molecule has 4 aliphatic rings. The number of fused-ring (bicyclic) bond motifs is 1. The quantitative estimate of drug-likeness (QED) is 0.640. The van der Waals surface area contributed by atoms with Crippen LogP contribution in [0.3, 0.4) is 0 Å². The maximum atomic E-state index is 3.88. The lowest BCUT2D eigenvalue weighted by molar-refractivity contribution is 0.137. The molecule has 5 heterocycles. The minimum atomic E-state index is 0.310. The molecule has 1 aromatic heterocycles. The second kappa shape index (κ2) is 6.57. The SMILES string of the molecule is CC1=CSC(c2c[nH]c3c2C(N2CCCC4(CCCCN4)C2)=CCN3)N1. The van der Waals surface area contributed by atoms with Crippen molar-refractivity contribution in [1.82, 2.24) is 20.5 Å². The fraction of sp³-hybridized carbons (Fsp3) is 0.600. The zero-order chi connectivity index (χ0) is 17.6. The molecule has 6 heteroatoms. The number of nitrogens with zero attached hydrogens (tertiary/aromatic N) is 1. The van der Waals surface area contributed by atoms with E-state index in [1.54, 1.807) is 0 Å². The standard InChI is InChI=1S/C20H29N5S/c1-14-12-26-19(24-14)15-11-22-18-17(15)16(5-9-21-18)25-10-4-7-20(13-25)6-2-3-8-23-20/h5,11-12,19,21-24H,2-4,6-10,13H2,1H3. The number of aromatic amines is 1. The maximum absolute atomic E-state index is 3.88. The number of hydrogen-bond acceptors (Lipinski definition) is 5.